The molecule has 1 aliphatic rings. The molecule has 1 unspecified atom stereocenters. The molecule has 0 fully saturated rings. The summed E-state index contributed by atoms with van der Waals surface area (Å²) in [6.45, 7) is 4.35. The van der Waals surface area contributed by atoms with E-state index in [1.165, 1.54) is 16.7 Å². The van der Waals surface area contributed by atoms with Crippen molar-refractivity contribution in [3.8, 4) is 0 Å². The van der Waals surface area contributed by atoms with Crippen LogP contribution in [-0.2, 0) is 0 Å². The summed E-state index contributed by atoms with van der Waals surface area (Å²) in [6.07, 6.45) is 3.38. The summed E-state index contributed by atoms with van der Waals surface area (Å²) in [5, 5.41) is 0. The normalized spacial score (nSPS) is 16.0. The summed E-state index contributed by atoms with van der Waals surface area (Å²) in [6, 6.07) is 21.2. The molecule has 0 radical (unpaired) electrons. The third kappa shape index (κ3) is 4.17. The maximum atomic E-state index is 5.06. The lowest BCUT2D eigenvalue weighted by molar-refractivity contribution is 0.424. The number of rotatable bonds is 5. The molecule has 0 N–H and O–H groups in total. The van der Waals surface area contributed by atoms with E-state index in [4.69, 9.17) is 4.99 Å². The highest BCUT2D eigenvalue weighted by Crippen LogP contribution is 2.18. The molecule has 0 spiro atoms. The molecule has 3 rings (SSSR count). The lowest BCUT2D eigenvalue weighted by atomic mass is 10.0. The first kappa shape index (κ1) is 15.7. The zero-order valence-electron chi connectivity index (χ0n) is 13.9. The second-order valence-corrected chi connectivity index (χ2v) is 6.32. The number of aliphatic imine (C=N–C) groups is 1. The van der Waals surface area contributed by atoms with Crippen LogP contribution in [0.15, 0.2) is 77.3 Å². The molecule has 0 saturated heterocycles. The Morgan fingerprint density at radius 3 is 2.04 bits per heavy atom. The molecule has 0 amide bonds. The van der Waals surface area contributed by atoms with Crippen LogP contribution in [0.3, 0.4) is 0 Å². The highest BCUT2D eigenvalue weighted by Gasteiger charge is 2.14. The molecule has 118 valence electrons. The molecule has 0 saturated carbocycles. The predicted octanol–water partition coefficient (Wildman–Crippen LogP) is 4.17. The van der Waals surface area contributed by atoms with Gasteiger partial charge >= 0.3 is 0 Å². The van der Waals surface area contributed by atoms with Crippen molar-refractivity contribution in [1.82, 2.24) is 4.90 Å². The topological polar surface area (TPSA) is 15.6 Å². The minimum absolute atomic E-state index is 0.281. The van der Waals surface area contributed by atoms with E-state index >= 15 is 0 Å². The Bertz CT molecular complexity index is 645. The fourth-order valence-corrected chi connectivity index (χ4v) is 3.06. The Hall–Kier alpha value is -2.19. The van der Waals surface area contributed by atoms with E-state index in [1.807, 2.05) is 0 Å². The Kier molecular flexibility index (Phi) is 5.04. The molecule has 2 aromatic rings. The Morgan fingerprint density at radius 1 is 1.00 bits per heavy atom. The monoisotopic (exact) mass is 304 g/mol. The number of likely N-dealkylation sites (N-methyl/N-ethyl adjacent to an activating group) is 1. The van der Waals surface area contributed by atoms with Gasteiger partial charge in [-0.3, -0.25) is 9.89 Å². The summed E-state index contributed by atoms with van der Waals surface area (Å²) in [5.74, 6) is 0. The SMILES string of the molecule is CC(CC1=CCN(C)C1)N=C(c1ccccc1)c1ccccc1. The van der Waals surface area contributed by atoms with Crippen LogP contribution in [0.25, 0.3) is 0 Å². The average molecular weight is 304 g/mol. The first-order valence-electron chi connectivity index (χ1n) is 8.27. The van der Waals surface area contributed by atoms with Gasteiger partial charge in [-0.2, -0.15) is 0 Å². The standard InChI is InChI=1S/C21H24N2/c1-17(15-18-13-14-23(2)16-18)22-21(19-9-5-3-6-10-19)20-11-7-4-8-12-20/h3-13,17H,14-16H2,1-2H3. The number of nitrogens with zero attached hydrogens (tertiary/aromatic N) is 2. The Labute approximate surface area is 139 Å². The summed E-state index contributed by atoms with van der Waals surface area (Å²) >= 11 is 0. The van der Waals surface area contributed by atoms with Crippen molar-refractivity contribution in [2.45, 2.75) is 19.4 Å². The first-order valence-corrected chi connectivity index (χ1v) is 8.27. The molecule has 2 aromatic carbocycles. The van der Waals surface area contributed by atoms with E-state index in [1.54, 1.807) is 0 Å². The molecular weight excluding hydrogens is 280 g/mol. The number of benzene rings is 2. The van der Waals surface area contributed by atoms with E-state index in [0.717, 1.165) is 25.2 Å². The molecule has 1 aliphatic heterocycles. The highest BCUT2D eigenvalue weighted by molar-refractivity contribution is 6.12. The fourth-order valence-electron chi connectivity index (χ4n) is 3.06. The smallest absolute Gasteiger partial charge is 0.0722 e. The van der Waals surface area contributed by atoms with Crippen LogP contribution in [0, 0.1) is 0 Å². The van der Waals surface area contributed by atoms with Crippen molar-refractivity contribution in [3.63, 3.8) is 0 Å². The third-order valence-corrected chi connectivity index (χ3v) is 4.17. The maximum absolute atomic E-state index is 5.06. The average Bonchev–Trinajstić information content (AvgIpc) is 2.99. The second kappa shape index (κ2) is 7.38. The first-order chi connectivity index (χ1) is 11.2. The molecule has 2 nitrogen and oxygen atoms in total. The van der Waals surface area contributed by atoms with E-state index in [2.05, 4.69) is 85.6 Å². The van der Waals surface area contributed by atoms with Crippen molar-refractivity contribution >= 4 is 5.71 Å². The van der Waals surface area contributed by atoms with Gasteiger partial charge in [0.05, 0.1) is 11.8 Å². The molecule has 2 heteroatoms. The molecule has 1 heterocycles. The minimum Gasteiger partial charge on any atom is -0.299 e. The van der Waals surface area contributed by atoms with Crippen LogP contribution in [-0.4, -0.2) is 36.8 Å². The molecule has 1 atom stereocenters. The zero-order valence-corrected chi connectivity index (χ0v) is 13.9. The number of hydrogen-bond acceptors (Lipinski definition) is 2. The van der Waals surface area contributed by atoms with Crippen LogP contribution in [0.1, 0.15) is 24.5 Å². The molecular formula is C21H24N2. The minimum atomic E-state index is 0.281. The van der Waals surface area contributed by atoms with E-state index in [9.17, 15) is 0 Å². The van der Waals surface area contributed by atoms with Gasteiger partial charge in [-0.15, -0.1) is 0 Å². The largest absolute Gasteiger partial charge is 0.299 e. The van der Waals surface area contributed by atoms with Crippen molar-refractivity contribution in [3.05, 3.63) is 83.4 Å². The van der Waals surface area contributed by atoms with Gasteiger partial charge in [-0.05, 0) is 20.4 Å². The van der Waals surface area contributed by atoms with Gasteiger partial charge in [0, 0.05) is 24.2 Å². The number of hydrogen-bond donors (Lipinski definition) is 0. The highest BCUT2D eigenvalue weighted by atomic mass is 15.1. The van der Waals surface area contributed by atoms with Crippen molar-refractivity contribution < 1.29 is 0 Å². The van der Waals surface area contributed by atoms with Crippen molar-refractivity contribution in [1.29, 1.82) is 0 Å². The summed E-state index contributed by atoms with van der Waals surface area (Å²) in [5.41, 5.74) is 4.96. The van der Waals surface area contributed by atoms with Crippen LogP contribution in [0.5, 0.6) is 0 Å². The Balaban J connectivity index is 1.86. The lowest BCUT2D eigenvalue weighted by Crippen LogP contribution is -2.15. The summed E-state index contributed by atoms with van der Waals surface area (Å²) < 4.78 is 0. The fraction of sp³-hybridized carbons (Fsp3) is 0.286. The lowest BCUT2D eigenvalue weighted by Gasteiger charge is -2.14. The Morgan fingerprint density at radius 2 is 1.57 bits per heavy atom. The van der Waals surface area contributed by atoms with Crippen LogP contribution < -0.4 is 0 Å². The van der Waals surface area contributed by atoms with E-state index < -0.39 is 0 Å². The predicted molar refractivity (Wildman–Crippen MR) is 98.2 cm³/mol. The quantitative estimate of drug-likeness (QED) is 0.598. The molecule has 0 bridgehead atoms. The third-order valence-electron chi connectivity index (χ3n) is 4.17. The molecule has 23 heavy (non-hydrogen) atoms. The van der Waals surface area contributed by atoms with Gasteiger partial charge < -0.3 is 0 Å². The summed E-state index contributed by atoms with van der Waals surface area (Å²) in [7, 11) is 2.16. The van der Waals surface area contributed by atoms with Gasteiger partial charge in [-0.25, -0.2) is 0 Å². The van der Waals surface area contributed by atoms with Gasteiger partial charge in [0.2, 0.25) is 0 Å². The van der Waals surface area contributed by atoms with Gasteiger partial charge in [0.1, 0.15) is 0 Å². The van der Waals surface area contributed by atoms with Crippen molar-refractivity contribution in [2.24, 2.45) is 4.99 Å². The zero-order chi connectivity index (χ0) is 16.1. The van der Waals surface area contributed by atoms with Gasteiger partial charge in [0.25, 0.3) is 0 Å². The van der Waals surface area contributed by atoms with Gasteiger partial charge in [0.15, 0.2) is 0 Å². The molecule has 0 aliphatic carbocycles. The van der Waals surface area contributed by atoms with Gasteiger partial charge in [-0.1, -0.05) is 72.3 Å². The second-order valence-electron chi connectivity index (χ2n) is 6.32. The van der Waals surface area contributed by atoms with Crippen molar-refractivity contribution in [2.75, 3.05) is 20.1 Å². The maximum Gasteiger partial charge on any atom is 0.0722 e. The van der Waals surface area contributed by atoms with Crippen LogP contribution in [0.2, 0.25) is 0 Å². The van der Waals surface area contributed by atoms with E-state index in [-0.39, 0.29) is 6.04 Å². The van der Waals surface area contributed by atoms with Crippen LogP contribution in [0.4, 0.5) is 0 Å². The van der Waals surface area contributed by atoms with Crippen LogP contribution >= 0.6 is 0 Å². The summed E-state index contributed by atoms with van der Waals surface area (Å²) in [4.78, 5) is 7.40. The molecule has 0 aromatic heterocycles. The van der Waals surface area contributed by atoms with E-state index in [0.29, 0.717) is 0 Å².